The molecule has 168 valence electrons. The molecule has 2 atom stereocenters. The number of hydrogen-bond acceptors (Lipinski definition) is 8. The number of ether oxygens (including phenoxy) is 4. The van der Waals surface area contributed by atoms with Crippen LogP contribution in [-0.2, 0) is 9.63 Å². The molecule has 2 aromatic rings. The molecule has 0 bridgehead atoms. The zero-order valence-electron chi connectivity index (χ0n) is 17.3. The summed E-state index contributed by atoms with van der Waals surface area (Å²) >= 11 is 3.53. The Balaban J connectivity index is 1.55. The van der Waals surface area contributed by atoms with Crippen molar-refractivity contribution in [2.75, 3.05) is 21.0 Å². The van der Waals surface area contributed by atoms with Crippen molar-refractivity contribution >= 4 is 33.8 Å². The summed E-state index contributed by atoms with van der Waals surface area (Å²) in [5.41, 5.74) is 3.76. The largest absolute Gasteiger partial charge is 0.492 e. The van der Waals surface area contributed by atoms with Crippen LogP contribution in [0.3, 0.4) is 0 Å². The van der Waals surface area contributed by atoms with Crippen molar-refractivity contribution in [1.29, 1.82) is 0 Å². The molecule has 0 saturated carbocycles. The number of carbonyl (C=O) groups is 1. The van der Waals surface area contributed by atoms with Crippen LogP contribution in [0.15, 0.2) is 39.0 Å². The van der Waals surface area contributed by atoms with E-state index < -0.39 is 17.9 Å². The molecular formula is C21H19BrFN3O6. The van der Waals surface area contributed by atoms with Crippen LogP contribution < -0.4 is 24.4 Å². The third-order valence-electron chi connectivity index (χ3n) is 5.03. The highest BCUT2D eigenvalue weighted by Crippen LogP contribution is 2.57. The summed E-state index contributed by atoms with van der Waals surface area (Å²) in [6.07, 6.45) is 0.739. The number of hydrogen-bond donors (Lipinski definition) is 1. The predicted molar refractivity (Wildman–Crippen MR) is 116 cm³/mol. The number of benzene rings is 2. The van der Waals surface area contributed by atoms with E-state index in [1.54, 1.807) is 6.92 Å². The first-order valence-electron chi connectivity index (χ1n) is 9.51. The maximum Gasteiger partial charge on any atom is 0.289 e. The summed E-state index contributed by atoms with van der Waals surface area (Å²) in [6.45, 7) is 1.82. The molecule has 0 unspecified atom stereocenters. The van der Waals surface area contributed by atoms with E-state index in [4.69, 9.17) is 23.8 Å². The van der Waals surface area contributed by atoms with E-state index >= 15 is 0 Å². The predicted octanol–water partition coefficient (Wildman–Crippen LogP) is 3.55. The van der Waals surface area contributed by atoms with Gasteiger partial charge < -0.3 is 23.8 Å². The fourth-order valence-electron chi connectivity index (χ4n) is 3.45. The molecule has 2 aromatic carbocycles. The van der Waals surface area contributed by atoms with Gasteiger partial charge >= 0.3 is 0 Å². The summed E-state index contributed by atoms with van der Waals surface area (Å²) in [4.78, 5) is 18.2. The molecule has 0 fully saturated rings. The zero-order valence-corrected chi connectivity index (χ0v) is 18.9. The highest BCUT2D eigenvalue weighted by atomic mass is 79.9. The third-order valence-corrected chi connectivity index (χ3v) is 5.82. The van der Waals surface area contributed by atoms with Crippen molar-refractivity contribution in [3.05, 3.63) is 45.7 Å². The fraction of sp³-hybridized carbons (Fsp3) is 0.286. The van der Waals surface area contributed by atoms with Gasteiger partial charge in [-0.25, -0.2) is 9.82 Å². The van der Waals surface area contributed by atoms with Gasteiger partial charge in [-0.15, -0.1) is 0 Å². The van der Waals surface area contributed by atoms with Crippen LogP contribution in [0.1, 0.15) is 24.2 Å². The maximum absolute atomic E-state index is 13.0. The number of oxime groups is 1. The molecule has 0 aliphatic carbocycles. The van der Waals surface area contributed by atoms with Crippen LogP contribution in [-0.4, -0.2) is 38.8 Å². The number of nitrogens with zero attached hydrogens (tertiary/aromatic N) is 2. The molecular weight excluding hydrogens is 489 g/mol. The van der Waals surface area contributed by atoms with E-state index in [2.05, 4.69) is 31.6 Å². The second-order valence-electron chi connectivity index (χ2n) is 6.90. The number of hydrazone groups is 1. The smallest absolute Gasteiger partial charge is 0.289 e. The van der Waals surface area contributed by atoms with E-state index in [9.17, 15) is 9.18 Å². The summed E-state index contributed by atoms with van der Waals surface area (Å²) < 4.78 is 35.7. The van der Waals surface area contributed by atoms with Gasteiger partial charge in [-0.1, -0.05) is 24.2 Å². The Bertz CT molecular complexity index is 1110. The number of amides is 1. The first-order chi connectivity index (χ1) is 15.5. The molecule has 32 heavy (non-hydrogen) atoms. The minimum atomic E-state index is -0.662. The second kappa shape index (κ2) is 9.03. The highest BCUT2D eigenvalue weighted by molar-refractivity contribution is 9.10. The Kier molecular flexibility index (Phi) is 6.17. The highest BCUT2D eigenvalue weighted by Gasteiger charge is 2.42. The number of carbonyl (C=O) groups excluding carboxylic acids is 1. The Morgan fingerprint density at radius 1 is 1.22 bits per heavy atom. The van der Waals surface area contributed by atoms with Gasteiger partial charge in [0, 0.05) is 0 Å². The van der Waals surface area contributed by atoms with Gasteiger partial charge in [0.05, 0.1) is 36.4 Å². The lowest BCUT2D eigenvalue weighted by Crippen LogP contribution is -2.31. The van der Waals surface area contributed by atoms with Crippen LogP contribution >= 0.6 is 15.9 Å². The quantitative estimate of drug-likeness (QED) is 0.474. The lowest BCUT2D eigenvalue weighted by atomic mass is 9.92. The molecule has 0 spiro atoms. The summed E-state index contributed by atoms with van der Waals surface area (Å²) in [6, 6.07) is 5.68. The van der Waals surface area contributed by atoms with Crippen molar-refractivity contribution in [1.82, 2.24) is 5.43 Å². The van der Waals surface area contributed by atoms with Crippen LogP contribution in [0, 0.1) is 11.7 Å². The van der Waals surface area contributed by atoms with Gasteiger partial charge in [0.2, 0.25) is 18.3 Å². The van der Waals surface area contributed by atoms with Crippen molar-refractivity contribution in [3.63, 3.8) is 0 Å². The molecule has 1 N–H and O–H groups in total. The van der Waals surface area contributed by atoms with Gasteiger partial charge in [0.25, 0.3) is 5.91 Å². The van der Waals surface area contributed by atoms with E-state index in [1.165, 1.54) is 44.7 Å². The molecule has 1 amide bonds. The lowest BCUT2D eigenvalue weighted by molar-refractivity contribution is -0.115. The SMILES string of the molecule is COc1c(Br)c([C@H]2ON=C(C(=O)N/N=C\c3ccc(F)cc3)[C@H]2C)c(OC)c2c1OCO2. The molecule has 2 heterocycles. The van der Waals surface area contributed by atoms with Crippen LogP contribution in [0.5, 0.6) is 23.0 Å². The van der Waals surface area contributed by atoms with Gasteiger partial charge in [0.1, 0.15) is 5.82 Å². The maximum atomic E-state index is 13.0. The Labute approximate surface area is 191 Å². The summed E-state index contributed by atoms with van der Waals surface area (Å²) in [5, 5.41) is 7.87. The molecule has 9 nitrogen and oxygen atoms in total. The number of halogens is 2. The minimum Gasteiger partial charge on any atom is -0.492 e. The molecule has 0 saturated heterocycles. The molecule has 0 radical (unpaired) electrons. The van der Waals surface area contributed by atoms with Crippen LogP contribution in [0.2, 0.25) is 0 Å². The summed E-state index contributed by atoms with van der Waals surface area (Å²) in [7, 11) is 3.00. The van der Waals surface area contributed by atoms with Crippen molar-refractivity contribution < 1.29 is 33.0 Å². The van der Waals surface area contributed by atoms with Crippen molar-refractivity contribution in [3.8, 4) is 23.0 Å². The Hall–Kier alpha value is -3.34. The fourth-order valence-corrected chi connectivity index (χ4v) is 4.20. The van der Waals surface area contributed by atoms with E-state index in [1.807, 2.05) is 0 Å². The van der Waals surface area contributed by atoms with Gasteiger partial charge in [0.15, 0.2) is 23.3 Å². The van der Waals surface area contributed by atoms with Crippen molar-refractivity contribution in [2.24, 2.45) is 16.2 Å². The Morgan fingerprint density at radius 2 is 1.88 bits per heavy atom. The average Bonchev–Trinajstić information content (AvgIpc) is 3.41. The zero-order chi connectivity index (χ0) is 22.8. The third kappa shape index (κ3) is 3.83. The second-order valence-corrected chi connectivity index (χ2v) is 7.69. The van der Waals surface area contributed by atoms with E-state index in [0.29, 0.717) is 38.6 Å². The first kappa shape index (κ1) is 21.9. The monoisotopic (exact) mass is 507 g/mol. The molecule has 0 aromatic heterocycles. The number of rotatable bonds is 6. The molecule has 4 rings (SSSR count). The standard InChI is InChI=1S/C21H19BrFN3O6/c1-10-15(21(27)25-24-8-11-4-6-12(23)7-5-11)26-32-16(10)13-14(22)18(29-3)20-19(17(13)28-2)30-9-31-20/h4-8,10,16H,9H2,1-3H3,(H,25,27)/b24-8-/t10-,16+/m1/s1. The minimum absolute atomic E-state index is 0.0231. The Morgan fingerprint density at radius 3 is 2.53 bits per heavy atom. The van der Waals surface area contributed by atoms with Crippen LogP contribution in [0.4, 0.5) is 4.39 Å². The molecule has 11 heteroatoms. The molecule has 2 aliphatic heterocycles. The summed E-state index contributed by atoms with van der Waals surface area (Å²) in [5.74, 6) is 0.289. The van der Waals surface area contributed by atoms with E-state index in [0.717, 1.165) is 0 Å². The number of fused-ring (bicyclic) bond motifs is 1. The van der Waals surface area contributed by atoms with Gasteiger partial charge in [-0.3, -0.25) is 4.79 Å². The first-order valence-corrected chi connectivity index (χ1v) is 10.3. The normalized spacial score (nSPS) is 19.0. The number of methoxy groups -OCH3 is 2. The molecule has 2 aliphatic rings. The van der Waals surface area contributed by atoms with Gasteiger partial charge in [-0.2, -0.15) is 5.10 Å². The lowest BCUT2D eigenvalue weighted by Gasteiger charge is -2.21. The van der Waals surface area contributed by atoms with Crippen molar-refractivity contribution in [2.45, 2.75) is 13.0 Å². The average molecular weight is 508 g/mol. The number of nitrogens with one attached hydrogen (secondary N) is 1. The topological polar surface area (TPSA) is 100.0 Å². The van der Waals surface area contributed by atoms with E-state index in [-0.39, 0.29) is 18.3 Å². The van der Waals surface area contributed by atoms with Gasteiger partial charge in [-0.05, 0) is 33.6 Å². The van der Waals surface area contributed by atoms with Crippen LogP contribution in [0.25, 0.3) is 0 Å².